The summed E-state index contributed by atoms with van der Waals surface area (Å²) in [5.41, 5.74) is 4.37. The van der Waals surface area contributed by atoms with Crippen LogP contribution in [0.5, 0.6) is 6.01 Å². The Hall–Kier alpha value is -3.94. The first-order valence-electron chi connectivity index (χ1n) is 15.6. The van der Waals surface area contributed by atoms with Gasteiger partial charge in [0.1, 0.15) is 12.1 Å². The molecule has 4 aliphatic heterocycles. The third-order valence-electron chi connectivity index (χ3n) is 10.1. The average Bonchev–Trinajstić information content (AvgIpc) is 3.54. The van der Waals surface area contributed by atoms with Crippen molar-refractivity contribution in [2.75, 3.05) is 44.7 Å². The summed E-state index contributed by atoms with van der Waals surface area (Å²) in [6, 6.07) is 15.6. The van der Waals surface area contributed by atoms with E-state index in [0.717, 1.165) is 66.8 Å². The number of nitriles is 1. The summed E-state index contributed by atoms with van der Waals surface area (Å²) in [5, 5.41) is 25.5. The van der Waals surface area contributed by atoms with Gasteiger partial charge in [-0.05, 0) is 69.1 Å². The Bertz CT molecular complexity index is 1580. The summed E-state index contributed by atoms with van der Waals surface area (Å²) in [6.45, 7) is 4.13. The van der Waals surface area contributed by atoms with Crippen molar-refractivity contribution in [1.29, 1.82) is 5.26 Å². The average molecular weight is 582 g/mol. The number of anilines is 1. The van der Waals surface area contributed by atoms with Crippen LogP contribution >= 0.6 is 0 Å². The van der Waals surface area contributed by atoms with Crippen LogP contribution in [0.3, 0.4) is 0 Å². The molecule has 3 unspecified atom stereocenters. The zero-order valence-electron chi connectivity index (χ0n) is 24.8. The van der Waals surface area contributed by atoms with E-state index in [1.54, 1.807) is 4.90 Å². The molecule has 3 saturated heterocycles. The van der Waals surface area contributed by atoms with Crippen molar-refractivity contribution in [1.82, 2.24) is 25.1 Å². The number of nitrogens with one attached hydrogen (secondary N) is 1. The van der Waals surface area contributed by atoms with Gasteiger partial charge in [0.2, 0.25) is 0 Å². The summed E-state index contributed by atoms with van der Waals surface area (Å²) in [4.78, 5) is 29.1. The number of likely N-dealkylation sites (N-methyl/N-ethyl adjacent to an activating group) is 1. The summed E-state index contributed by atoms with van der Waals surface area (Å²) < 4.78 is 6.33. The van der Waals surface area contributed by atoms with E-state index in [2.05, 4.69) is 64.6 Å². The first kappa shape index (κ1) is 27.9. The Morgan fingerprint density at radius 1 is 1.21 bits per heavy atom. The Morgan fingerprint density at radius 3 is 2.86 bits per heavy atom. The minimum absolute atomic E-state index is 0.0593. The normalized spacial score (nSPS) is 25.1. The molecule has 0 radical (unpaired) electrons. The van der Waals surface area contributed by atoms with E-state index in [4.69, 9.17) is 14.7 Å². The molecule has 0 aliphatic carbocycles. The van der Waals surface area contributed by atoms with Crippen LogP contribution in [0.15, 0.2) is 36.4 Å². The fraction of sp³-hybridized carbons (Fsp3) is 0.515. The van der Waals surface area contributed by atoms with Gasteiger partial charge in [-0.2, -0.15) is 15.2 Å². The maximum Gasteiger partial charge on any atom is 0.408 e. The van der Waals surface area contributed by atoms with E-state index in [1.807, 2.05) is 0 Å². The monoisotopic (exact) mass is 581 g/mol. The lowest BCUT2D eigenvalue weighted by Crippen LogP contribution is -2.61. The number of hydrogen-bond acceptors (Lipinski definition) is 8. The highest BCUT2D eigenvalue weighted by atomic mass is 16.5. The fourth-order valence-corrected chi connectivity index (χ4v) is 7.96. The number of nitrogens with zero attached hydrogens (tertiary/aromatic N) is 6. The number of benzene rings is 2. The minimum Gasteiger partial charge on any atom is -0.465 e. The van der Waals surface area contributed by atoms with Crippen molar-refractivity contribution < 1.29 is 14.6 Å². The van der Waals surface area contributed by atoms with E-state index in [9.17, 15) is 15.2 Å². The minimum atomic E-state index is -0.885. The van der Waals surface area contributed by atoms with E-state index < -0.39 is 11.6 Å². The largest absolute Gasteiger partial charge is 0.465 e. The first-order chi connectivity index (χ1) is 21.0. The molecule has 2 bridgehead atoms. The molecule has 224 valence electrons. The van der Waals surface area contributed by atoms with E-state index in [-0.39, 0.29) is 6.04 Å². The predicted molar refractivity (Wildman–Crippen MR) is 163 cm³/mol. The number of piperazine rings is 1. The van der Waals surface area contributed by atoms with Crippen LogP contribution in [0.2, 0.25) is 0 Å². The van der Waals surface area contributed by atoms with Gasteiger partial charge in [0, 0.05) is 54.8 Å². The van der Waals surface area contributed by atoms with Crippen molar-refractivity contribution in [3.05, 3.63) is 58.9 Å². The summed E-state index contributed by atoms with van der Waals surface area (Å²) in [5.74, 6) is 0. The second-order valence-corrected chi connectivity index (χ2v) is 12.5. The van der Waals surface area contributed by atoms with Crippen molar-refractivity contribution >= 4 is 22.6 Å². The molecule has 3 aromatic rings. The molecule has 2 N–H and O–H groups in total. The van der Waals surface area contributed by atoms with Crippen LogP contribution in [0, 0.1) is 11.3 Å². The molecule has 3 fully saturated rings. The summed E-state index contributed by atoms with van der Waals surface area (Å²) >= 11 is 0. The number of ether oxygens (including phenoxy) is 1. The number of aromatic nitrogens is 2. The smallest absolute Gasteiger partial charge is 0.408 e. The zero-order chi connectivity index (χ0) is 29.6. The van der Waals surface area contributed by atoms with Crippen LogP contribution in [0.1, 0.15) is 54.6 Å². The van der Waals surface area contributed by atoms with E-state index in [0.29, 0.717) is 57.6 Å². The molecule has 10 nitrogen and oxygen atoms in total. The van der Waals surface area contributed by atoms with Gasteiger partial charge in [0.25, 0.3) is 0 Å². The lowest BCUT2D eigenvalue weighted by molar-refractivity contribution is 0.0560. The molecule has 4 aliphatic rings. The fourth-order valence-electron chi connectivity index (χ4n) is 7.96. The van der Waals surface area contributed by atoms with Crippen LogP contribution in [0.25, 0.3) is 10.8 Å². The molecule has 1 aromatic heterocycles. The van der Waals surface area contributed by atoms with Crippen molar-refractivity contribution in [2.45, 2.75) is 69.1 Å². The van der Waals surface area contributed by atoms with Gasteiger partial charge in [-0.1, -0.05) is 30.3 Å². The number of likely N-dealkylation sites (tertiary alicyclic amines) is 1. The lowest BCUT2D eigenvalue weighted by atomic mass is 9.85. The molecule has 5 heterocycles. The van der Waals surface area contributed by atoms with Crippen molar-refractivity contribution in [3.63, 3.8) is 0 Å². The molecule has 3 atom stereocenters. The molecule has 10 heteroatoms. The third-order valence-corrected chi connectivity index (χ3v) is 10.1. The second kappa shape index (κ2) is 11.3. The Kier molecular flexibility index (Phi) is 7.31. The van der Waals surface area contributed by atoms with Crippen LogP contribution in [-0.4, -0.2) is 82.9 Å². The molecule has 0 saturated carbocycles. The molecule has 0 spiro atoms. The van der Waals surface area contributed by atoms with Gasteiger partial charge in [0.15, 0.2) is 0 Å². The van der Waals surface area contributed by atoms with Crippen LogP contribution < -0.4 is 15.0 Å². The Labute approximate surface area is 252 Å². The SMILES string of the molecule is CN1CCCC1COc1nc2c(c(C34CCC(CNC3)N4C(=O)O)n1)CCN(c1cccc3cccc(CCC#N)c13)C2. The molecular weight excluding hydrogens is 542 g/mol. The maximum absolute atomic E-state index is 12.6. The van der Waals surface area contributed by atoms with Gasteiger partial charge in [-0.25, -0.2) is 4.79 Å². The van der Waals surface area contributed by atoms with Crippen molar-refractivity contribution in [3.8, 4) is 12.1 Å². The Balaban J connectivity index is 1.29. The van der Waals surface area contributed by atoms with Gasteiger partial charge >= 0.3 is 12.1 Å². The standard InChI is InChI=1S/C33H39N7O3/c1-38-16-5-10-25(38)20-43-31-36-27-19-39(28-11-3-8-22-6-2-7-23(29(22)28)9-4-15-34)17-13-26(27)30(37-31)33-14-12-24(18-35-21-33)40(33)32(41)42/h2-3,6-8,11,24-25,35H,4-5,9-10,12-14,16-21H2,1H3,(H,41,42). The third kappa shape index (κ3) is 4.85. The van der Waals surface area contributed by atoms with Gasteiger partial charge in [-0.3, -0.25) is 4.90 Å². The molecular formula is C33H39N7O3. The number of hydrogen-bond donors (Lipinski definition) is 2. The van der Waals surface area contributed by atoms with Crippen LogP contribution in [0.4, 0.5) is 10.5 Å². The molecule has 43 heavy (non-hydrogen) atoms. The van der Waals surface area contributed by atoms with Gasteiger partial charge < -0.3 is 25.0 Å². The lowest BCUT2D eigenvalue weighted by Gasteiger charge is -2.44. The second-order valence-electron chi connectivity index (χ2n) is 12.5. The number of carboxylic acid groups (broad SMARTS) is 1. The maximum atomic E-state index is 12.6. The highest BCUT2D eigenvalue weighted by molar-refractivity contribution is 5.97. The molecule has 1 amide bonds. The number of aryl methyl sites for hydroxylation is 1. The number of amides is 1. The van der Waals surface area contributed by atoms with Crippen LogP contribution in [-0.2, 0) is 24.9 Å². The zero-order valence-corrected chi connectivity index (χ0v) is 24.8. The first-order valence-corrected chi connectivity index (χ1v) is 15.6. The summed E-state index contributed by atoms with van der Waals surface area (Å²) in [6.07, 6.45) is 4.80. The highest BCUT2D eigenvalue weighted by Crippen LogP contribution is 2.46. The van der Waals surface area contributed by atoms with Crippen molar-refractivity contribution in [2.24, 2.45) is 0 Å². The topological polar surface area (TPSA) is 118 Å². The summed E-state index contributed by atoms with van der Waals surface area (Å²) in [7, 11) is 2.13. The quantitative estimate of drug-likeness (QED) is 0.426. The number of fused-ring (bicyclic) bond motifs is 4. The van der Waals surface area contributed by atoms with E-state index in [1.165, 1.54) is 10.9 Å². The number of carbonyl (C=O) groups is 1. The van der Waals surface area contributed by atoms with E-state index >= 15 is 0 Å². The van der Waals surface area contributed by atoms with Gasteiger partial charge in [0.05, 0.1) is 24.0 Å². The predicted octanol–water partition coefficient (Wildman–Crippen LogP) is 4.06. The van der Waals surface area contributed by atoms with Gasteiger partial charge in [-0.15, -0.1) is 0 Å². The molecule has 2 aromatic carbocycles. The highest BCUT2D eigenvalue weighted by Gasteiger charge is 2.55. The Morgan fingerprint density at radius 2 is 2.07 bits per heavy atom. The number of rotatable bonds is 7. The molecule has 7 rings (SSSR count).